The van der Waals surface area contributed by atoms with Crippen LogP contribution in [-0.2, 0) is 0 Å². The summed E-state index contributed by atoms with van der Waals surface area (Å²) in [4.78, 5) is 12.4. The largest absolute Gasteiger partial charge is 0.494 e. The molecule has 0 bridgehead atoms. The summed E-state index contributed by atoms with van der Waals surface area (Å²) in [6, 6.07) is 12.3. The maximum atomic E-state index is 12.4. The summed E-state index contributed by atoms with van der Waals surface area (Å²) >= 11 is 3.34. The highest BCUT2D eigenvalue weighted by molar-refractivity contribution is 9.10. The van der Waals surface area contributed by atoms with Crippen LogP contribution < -0.4 is 10.5 Å². The molecule has 98 valence electrons. The minimum Gasteiger partial charge on any atom is -0.494 e. The Kier molecular flexibility index (Phi) is 4.22. The molecule has 0 unspecified atom stereocenters. The Bertz CT molecular complexity index is 591. The van der Waals surface area contributed by atoms with Gasteiger partial charge in [0, 0.05) is 21.3 Å². The number of anilines is 1. The van der Waals surface area contributed by atoms with Crippen LogP contribution in [0.1, 0.15) is 22.8 Å². The summed E-state index contributed by atoms with van der Waals surface area (Å²) in [6.07, 6.45) is 0. The first-order valence-electron chi connectivity index (χ1n) is 5.94. The number of benzene rings is 2. The van der Waals surface area contributed by atoms with Crippen LogP contribution in [0.15, 0.2) is 46.9 Å². The number of nitrogens with two attached hydrogens (primary N) is 1. The van der Waals surface area contributed by atoms with E-state index >= 15 is 0 Å². The van der Waals surface area contributed by atoms with E-state index < -0.39 is 0 Å². The van der Waals surface area contributed by atoms with Gasteiger partial charge in [0.05, 0.1) is 6.61 Å². The molecule has 0 atom stereocenters. The van der Waals surface area contributed by atoms with E-state index in [1.807, 2.05) is 13.0 Å². The van der Waals surface area contributed by atoms with Crippen LogP contribution in [0.5, 0.6) is 5.75 Å². The summed E-state index contributed by atoms with van der Waals surface area (Å²) < 4.78 is 6.18. The van der Waals surface area contributed by atoms with Crippen molar-refractivity contribution in [2.75, 3.05) is 12.3 Å². The van der Waals surface area contributed by atoms with E-state index in [1.165, 1.54) is 0 Å². The van der Waals surface area contributed by atoms with Crippen molar-refractivity contribution >= 4 is 27.4 Å². The normalized spacial score (nSPS) is 10.2. The number of hydrogen-bond acceptors (Lipinski definition) is 3. The molecule has 0 radical (unpaired) electrons. The monoisotopic (exact) mass is 319 g/mol. The molecule has 4 heteroatoms. The summed E-state index contributed by atoms with van der Waals surface area (Å²) in [5.41, 5.74) is 7.44. The molecule has 19 heavy (non-hydrogen) atoms. The molecular formula is C15H14BrNO2. The van der Waals surface area contributed by atoms with Crippen molar-refractivity contribution in [3.63, 3.8) is 0 Å². The molecule has 0 aliphatic rings. The first-order valence-corrected chi connectivity index (χ1v) is 6.73. The molecule has 0 aromatic heterocycles. The second-order valence-electron chi connectivity index (χ2n) is 4.06. The molecule has 0 heterocycles. The Morgan fingerprint density at radius 1 is 1.21 bits per heavy atom. The second kappa shape index (κ2) is 5.89. The molecule has 2 aromatic rings. The average Bonchev–Trinajstić information content (AvgIpc) is 2.37. The van der Waals surface area contributed by atoms with Gasteiger partial charge in [-0.3, -0.25) is 4.79 Å². The van der Waals surface area contributed by atoms with Gasteiger partial charge in [-0.2, -0.15) is 0 Å². The smallest absolute Gasteiger partial charge is 0.193 e. The van der Waals surface area contributed by atoms with Crippen LogP contribution in [0, 0.1) is 0 Å². The molecular weight excluding hydrogens is 306 g/mol. The van der Waals surface area contributed by atoms with Gasteiger partial charge in [0.1, 0.15) is 5.75 Å². The lowest BCUT2D eigenvalue weighted by Crippen LogP contribution is -2.03. The first-order chi connectivity index (χ1) is 9.10. The topological polar surface area (TPSA) is 52.3 Å². The number of ether oxygens (including phenoxy) is 1. The molecule has 0 saturated carbocycles. The number of carbonyl (C=O) groups is 1. The van der Waals surface area contributed by atoms with Crippen molar-refractivity contribution in [3.05, 3.63) is 58.1 Å². The van der Waals surface area contributed by atoms with Gasteiger partial charge in [-0.25, -0.2) is 0 Å². The van der Waals surface area contributed by atoms with Gasteiger partial charge < -0.3 is 10.5 Å². The third-order valence-electron chi connectivity index (χ3n) is 2.59. The van der Waals surface area contributed by atoms with Crippen molar-refractivity contribution in [2.45, 2.75) is 6.92 Å². The van der Waals surface area contributed by atoms with Gasteiger partial charge in [-0.1, -0.05) is 28.1 Å². The number of carbonyl (C=O) groups excluding carboxylic acids is 1. The van der Waals surface area contributed by atoms with Crippen LogP contribution in [0.25, 0.3) is 0 Å². The quantitative estimate of drug-likeness (QED) is 0.691. The molecule has 0 fully saturated rings. The lowest BCUT2D eigenvalue weighted by Gasteiger charge is -2.06. The number of rotatable bonds is 4. The first kappa shape index (κ1) is 13.6. The Hall–Kier alpha value is -1.81. The molecule has 0 spiro atoms. The van der Waals surface area contributed by atoms with Gasteiger partial charge in [0.15, 0.2) is 5.78 Å². The average molecular weight is 320 g/mol. The Balaban J connectivity index is 2.35. The summed E-state index contributed by atoms with van der Waals surface area (Å²) in [7, 11) is 0. The fourth-order valence-corrected chi connectivity index (χ4v) is 2.31. The van der Waals surface area contributed by atoms with E-state index in [0.29, 0.717) is 29.2 Å². The van der Waals surface area contributed by atoms with E-state index in [4.69, 9.17) is 10.5 Å². The fourth-order valence-electron chi connectivity index (χ4n) is 1.80. The Morgan fingerprint density at radius 2 is 2.00 bits per heavy atom. The third-order valence-corrected chi connectivity index (χ3v) is 3.05. The minimum atomic E-state index is -0.0745. The minimum absolute atomic E-state index is 0.0745. The standard InChI is InChI=1S/C15H14BrNO2/c1-2-19-14-5-3-4-10(8-14)15(18)11-6-12(16)9-13(17)7-11/h3-9H,2,17H2,1H3. The molecule has 0 aliphatic carbocycles. The van der Waals surface area contributed by atoms with E-state index in [0.717, 1.165) is 4.47 Å². The van der Waals surface area contributed by atoms with E-state index in [2.05, 4.69) is 15.9 Å². The zero-order chi connectivity index (χ0) is 13.8. The molecule has 2 N–H and O–H groups in total. The predicted octanol–water partition coefficient (Wildman–Crippen LogP) is 3.66. The van der Waals surface area contributed by atoms with E-state index in [1.54, 1.807) is 36.4 Å². The molecule has 0 aliphatic heterocycles. The van der Waals surface area contributed by atoms with E-state index in [-0.39, 0.29) is 5.78 Å². The van der Waals surface area contributed by atoms with Crippen LogP contribution in [0.4, 0.5) is 5.69 Å². The van der Waals surface area contributed by atoms with Crippen molar-refractivity contribution in [1.82, 2.24) is 0 Å². The molecule has 0 saturated heterocycles. The lowest BCUT2D eigenvalue weighted by atomic mass is 10.0. The molecule has 0 amide bonds. The number of ketones is 1. The maximum absolute atomic E-state index is 12.4. The zero-order valence-electron chi connectivity index (χ0n) is 10.5. The Morgan fingerprint density at radius 3 is 2.68 bits per heavy atom. The van der Waals surface area contributed by atoms with Crippen molar-refractivity contribution in [3.8, 4) is 5.75 Å². The van der Waals surface area contributed by atoms with Crippen LogP contribution in [-0.4, -0.2) is 12.4 Å². The van der Waals surface area contributed by atoms with Crippen LogP contribution in [0.3, 0.4) is 0 Å². The third kappa shape index (κ3) is 3.35. The summed E-state index contributed by atoms with van der Waals surface area (Å²) in [5, 5.41) is 0. The fraction of sp³-hybridized carbons (Fsp3) is 0.133. The summed E-state index contributed by atoms with van der Waals surface area (Å²) in [5.74, 6) is 0.617. The van der Waals surface area contributed by atoms with Gasteiger partial charge in [-0.15, -0.1) is 0 Å². The highest BCUT2D eigenvalue weighted by atomic mass is 79.9. The van der Waals surface area contributed by atoms with Crippen molar-refractivity contribution in [2.24, 2.45) is 0 Å². The number of hydrogen-bond donors (Lipinski definition) is 1. The van der Waals surface area contributed by atoms with Gasteiger partial charge in [-0.05, 0) is 37.3 Å². The van der Waals surface area contributed by atoms with Gasteiger partial charge >= 0.3 is 0 Å². The van der Waals surface area contributed by atoms with Crippen LogP contribution >= 0.6 is 15.9 Å². The molecule has 2 rings (SSSR count). The zero-order valence-corrected chi connectivity index (χ0v) is 12.1. The second-order valence-corrected chi connectivity index (χ2v) is 4.98. The SMILES string of the molecule is CCOc1cccc(C(=O)c2cc(N)cc(Br)c2)c1. The maximum Gasteiger partial charge on any atom is 0.193 e. The van der Waals surface area contributed by atoms with Crippen molar-refractivity contribution < 1.29 is 9.53 Å². The van der Waals surface area contributed by atoms with Crippen LogP contribution in [0.2, 0.25) is 0 Å². The number of nitrogen functional groups attached to an aromatic ring is 1. The van der Waals surface area contributed by atoms with E-state index in [9.17, 15) is 4.79 Å². The van der Waals surface area contributed by atoms with Crippen molar-refractivity contribution in [1.29, 1.82) is 0 Å². The number of halogens is 1. The van der Waals surface area contributed by atoms with Gasteiger partial charge in [0.25, 0.3) is 0 Å². The summed E-state index contributed by atoms with van der Waals surface area (Å²) in [6.45, 7) is 2.48. The predicted molar refractivity (Wildman–Crippen MR) is 79.6 cm³/mol. The Labute approximate surface area is 120 Å². The molecule has 3 nitrogen and oxygen atoms in total. The highest BCUT2D eigenvalue weighted by Crippen LogP contribution is 2.21. The van der Waals surface area contributed by atoms with Gasteiger partial charge in [0.2, 0.25) is 0 Å². The molecule has 2 aromatic carbocycles. The highest BCUT2D eigenvalue weighted by Gasteiger charge is 2.11. The lowest BCUT2D eigenvalue weighted by molar-refractivity contribution is 0.103.